The number of hydrogen-bond donors (Lipinski definition) is 2. The molecule has 0 aromatic heterocycles. The standard InChI is InChI=1S/C12H26N2O2S/c1-10(2)13-6-4-5-7-17(15,16)14-12-8-11(3)9-12/h10-14H,4-9H2,1-3H3. The fourth-order valence-electron chi connectivity index (χ4n) is 2.12. The minimum absolute atomic E-state index is 0.198. The Bertz CT molecular complexity index is 308. The van der Waals surface area contributed by atoms with Crippen LogP contribution < -0.4 is 10.0 Å². The third-order valence-electron chi connectivity index (χ3n) is 3.11. The Balaban J connectivity index is 2.08. The lowest BCUT2D eigenvalue weighted by Crippen LogP contribution is -2.44. The van der Waals surface area contributed by atoms with Crippen molar-refractivity contribution in [3.05, 3.63) is 0 Å². The van der Waals surface area contributed by atoms with Gasteiger partial charge in [-0.2, -0.15) is 0 Å². The Morgan fingerprint density at radius 3 is 2.41 bits per heavy atom. The predicted octanol–water partition coefficient (Wildman–Crippen LogP) is 1.48. The minimum atomic E-state index is -3.04. The molecule has 0 amide bonds. The quantitative estimate of drug-likeness (QED) is 0.652. The number of unbranched alkanes of at least 4 members (excludes halogenated alkanes) is 1. The van der Waals surface area contributed by atoms with Gasteiger partial charge in [-0.3, -0.25) is 0 Å². The van der Waals surface area contributed by atoms with Crippen LogP contribution in [0.3, 0.4) is 0 Å². The van der Waals surface area contributed by atoms with E-state index in [1.165, 1.54) is 0 Å². The molecule has 1 aliphatic rings. The van der Waals surface area contributed by atoms with Gasteiger partial charge < -0.3 is 5.32 Å². The third-order valence-corrected chi connectivity index (χ3v) is 4.63. The molecular formula is C12H26N2O2S. The summed E-state index contributed by atoms with van der Waals surface area (Å²) in [6.07, 6.45) is 3.64. The van der Waals surface area contributed by atoms with Crippen LogP contribution in [-0.2, 0) is 10.0 Å². The molecule has 102 valence electrons. The third kappa shape index (κ3) is 6.38. The van der Waals surface area contributed by atoms with Gasteiger partial charge in [-0.1, -0.05) is 20.8 Å². The lowest BCUT2D eigenvalue weighted by molar-refractivity contribution is 0.270. The van der Waals surface area contributed by atoms with Crippen LogP contribution in [0.4, 0.5) is 0 Å². The molecule has 0 heterocycles. The maximum absolute atomic E-state index is 11.7. The van der Waals surface area contributed by atoms with E-state index in [4.69, 9.17) is 0 Å². The Kier molecular flexibility index (Phi) is 5.89. The van der Waals surface area contributed by atoms with Crippen LogP contribution >= 0.6 is 0 Å². The number of hydrogen-bond acceptors (Lipinski definition) is 3. The summed E-state index contributed by atoms with van der Waals surface area (Å²) < 4.78 is 26.2. The molecule has 0 saturated heterocycles. The van der Waals surface area contributed by atoms with Gasteiger partial charge >= 0.3 is 0 Å². The Morgan fingerprint density at radius 2 is 1.88 bits per heavy atom. The molecule has 17 heavy (non-hydrogen) atoms. The molecule has 1 rings (SSSR count). The van der Waals surface area contributed by atoms with Crippen molar-refractivity contribution >= 4 is 10.0 Å². The second-order valence-corrected chi connectivity index (χ2v) is 7.40. The highest BCUT2D eigenvalue weighted by atomic mass is 32.2. The van der Waals surface area contributed by atoms with Crippen molar-refractivity contribution in [1.29, 1.82) is 0 Å². The molecule has 0 aromatic rings. The number of rotatable bonds is 8. The van der Waals surface area contributed by atoms with E-state index < -0.39 is 10.0 Å². The maximum Gasteiger partial charge on any atom is 0.211 e. The van der Waals surface area contributed by atoms with Crippen molar-refractivity contribution in [3.8, 4) is 0 Å². The number of nitrogens with one attached hydrogen (secondary N) is 2. The molecule has 0 aliphatic heterocycles. The molecule has 1 saturated carbocycles. The topological polar surface area (TPSA) is 58.2 Å². The highest BCUT2D eigenvalue weighted by Crippen LogP contribution is 2.26. The molecule has 0 aromatic carbocycles. The van der Waals surface area contributed by atoms with Crippen LogP contribution in [0.5, 0.6) is 0 Å². The zero-order valence-electron chi connectivity index (χ0n) is 11.2. The second-order valence-electron chi connectivity index (χ2n) is 5.53. The maximum atomic E-state index is 11.7. The monoisotopic (exact) mass is 262 g/mol. The summed E-state index contributed by atoms with van der Waals surface area (Å²) in [5.41, 5.74) is 0. The average molecular weight is 262 g/mol. The summed E-state index contributed by atoms with van der Waals surface area (Å²) in [5.74, 6) is 0.940. The Labute approximate surface area is 106 Å². The van der Waals surface area contributed by atoms with Gasteiger partial charge in [0.25, 0.3) is 0 Å². The molecule has 0 bridgehead atoms. The van der Waals surface area contributed by atoms with Crippen LogP contribution in [0.15, 0.2) is 0 Å². The minimum Gasteiger partial charge on any atom is -0.315 e. The summed E-state index contributed by atoms with van der Waals surface area (Å²) >= 11 is 0. The van der Waals surface area contributed by atoms with Gasteiger partial charge in [0.15, 0.2) is 0 Å². The van der Waals surface area contributed by atoms with E-state index >= 15 is 0 Å². The van der Waals surface area contributed by atoms with Crippen molar-refractivity contribution in [2.24, 2.45) is 5.92 Å². The van der Waals surface area contributed by atoms with Crippen LogP contribution in [0, 0.1) is 5.92 Å². The van der Waals surface area contributed by atoms with Crippen molar-refractivity contribution < 1.29 is 8.42 Å². The lowest BCUT2D eigenvalue weighted by atomic mass is 9.83. The normalized spacial score (nSPS) is 24.9. The van der Waals surface area contributed by atoms with E-state index in [1.54, 1.807) is 0 Å². The molecule has 0 atom stereocenters. The number of sulfonamides is 1. The van der Waals surface area contributed by atoms with Gasteiger partial charge in [-0.25, -0.2) is 13.1 Å². The highest BCUT2D eigenvalue weighted by Gasteiger charge is 2.28. The van der Waals surface area contributed by atoms with Gasteiger partial charge in [0.1, 0.15) is 0 Å². The Hall–Kier alpha value is -0.130. The molecule has 2 N–H and O–H groups in total. The first-order chi connectivity index (χ1) is 7.89. The highest BCUT2D eigenvalue weighted by molar-refractivity contribution is 7.89. The van der Waals surface area contributed by atoms with Gasteiger partial charge in [0.05, 0.1) is 5.75 Å². The zero-order chi connectivity index (χ0) is 12.9. The van der Waals surface area contributed by atoms with Crippen LogP contribution in [0.1, 0.15) is 46.5 Å². The molecule has 5 heteroatoms. The van der Waals surface area contributed by atoms with E-state index in [0.29, 0.717) is 12.0 Å². The molecule has 0 unspecified atom stereocenters. The SMILES string of the molecule is CC1CC(NS(=O)(=O)CCCCNC(C)C)C1. The molecule has 0 spiro atoms. The molecule has 1 fully saturated rings. The molecule has 4 nitrogen and oxygen atoms in total. The lowest BCUT2D eigenvalue weighted by Gasteiger charge is -2.32. The first-order valence-electron chi connectivity index (χ1n) is 6.62. The van der Waals surface area contributed by atoms with Crippen LogP contribution in [0.2, 0.25) is 0 Å². The van der Waals surface area contributed by atoms with Gasteiger partial charge in [0, 0.05) is 12.1 Å². The predicted molar refractivity (Wildman–Crippen MR) is 71.5 cm³/mol. The van der Waals surface area contributed by atoms with Gasteiger partial charge in [0.2, 0.25) is 10.0 Å². The van der Waals surface area contributed by atoms with Crippen molar-refractivity contribution in [3.63, 3.8) is 0 Å². The van der Waals surface area contributed by atoms with E-state index in [1.807, 2.05) is 0 Å². The van der Waals surface area contributed by atoms with Crippen molar-refractivity contribution in [1.82, 2.24) is 10.0 Å². The molecule has 1 aliphatic carbocycles. The summed E-state index contributed by atoms with van der Waals surface area (Å²) in [5, 5.41) is 3.29. The second kappa shape index (κ2) is 6.71. The van der Waals surface area contributed by atoms with E-state index in [0.717, 1.165) is 32.2 Å². The molecule has 0 radical (unpaired) electrons. The first-order valence-corrected chi connectivity index (χ1v) is 8.27. The fraction of sp³-hybridized carbons (Fsp3) is 1.00. The largest absolute Gasteiger partial charge is 0.315 e. The first kappa shape index (κ1) is 14.9. The average Bonchev–Trinajstić information content (AvgIpc) is 2.13. The van der Waals surface area contributed by atoms with Crippen molar-refractivity contribution in [2.75, 3.05) is 12.3 Å². The zero-order valence-corrected chi connectivity index (χ0v) is 12.0. The summed E-state index contributed by atoms with van der Waals surface area (Å²) in [6, 6.07) is 0.671. The summed E-state index contributed by atoms with van der Waals surface area (Å²) in [6.45, 7) is 7.24. The van der Waals surface area contributed by atoms with Crippen molar-refractivity contribution in [2.45, 2.75) is 58.5 Å². The van der Waals surface area contributed by atoms with E-state index in [2.05, 4.69) is 30.8 Å². The van der Waals surface area contributed by atoms with Crippen LogP contribution in [0.25, 0.3) is 0 Å². The van der Waals surface area contributed by atoms with E-state index in [-0.39, 0.29) is 11.8 Å². The Morgan fingerprint density at radius 1 is 1.24 bits per heavy atom. The molecular weight excluding hydrogens is 236 g/mol. The summed E-state index contributed by atoms with van der Waals surface area (Å²) in [4.78, 5) is 0. The summed E-state index contributed by atoms with van der Waals surface area (Å²) in [7, 11) is -3.04. The van der Waals surface area contributed by atoms with Crippen LogP contribution in [-0.4, -0.2) is 32.8 Å². The van der Waals surface area contributed by atoms with Gasteiger partial charge in [-0.15, -0.1) is 0 Å². The smallest absolute Gasteiger partial charge is 0.211 e. The fourth-order valence-corrected chi connectivity index (χ4v) is 3.52. The van der Waals surface area contributed by atoms with Gasteiger partial charge in [-0.05, 0) is 38.1 Å². The van der Waals surface area contributed by atoms with E-state index in [9.17, 15) is 8.42 Å².